The van der Waals surface area contributed by atoms with Crippen LogP contribution in [-0.2, 0) is 14.3 Å². The van der Waals surface area contributed by atoms with Gasteiger partial charge < -0.3 is 40.3 Å². The van der Waals surface area contributed by atoms with E-state index in [0.717, 1.165) is 38.5 Å². The standard InChI is InChI=1S/C77H151NO8/c1-3-5-7-9-11-13-15-17-19-21-23-25-27-29-30-31-32-33-34-35-36-37-38-39-40-41-42-43-45-47-49-51-53-55-57-59-61-63-65-67-73(81)78-70(69-85-77-76(84)75(83)74(82)72(68-79)86-77)71(80)66-64-62-60-58-56-54-52-50-48-46-44-28-26-24-22-20-18-16-14-12-10-8-6-4-2/h64,66,70-72,74-77,79-80,82-84H,3-63,65,67-69H2,1-2H3,(H,78,81)/b66-64+. The van der Waals surface area contributed by atoms with E-state index >= 15 is 0 Å². The van der Waals surface area contributed by atoms with E-state index in [-0.39, 0.29) is 12.5 Å². The Bertz CT molecular complexity index is 1360. The fraction of sp³-hybridized carbons (Fsp3) is 0.961. The summed E-state index contributed by atoms with van der Waals surface area (Å²) in [4.78, 5) is 13.2. The van der Waals surface area contributed by atoms with Crippen LogP contribution in [-0.4, -0.2) is 87.5 Å². The number of carbonyl (C=O) groups excluding carboxylic acids is 1. The lowest BCUT2D eigenvalue weighted by atomic mass is 9.99. The zero-order chi connectivity index (χ0) is 62.1. The van der Waals surface area contributed by atoms with Crippen LogP contribution < -0.4 is 5.32 Å². The van der Waals surface area contributed by atoms with E-state index < -0.39 is 49.5 Å². The molecule has 7 unspecified atom stereocenters. The van der Waals surface area contributed by atoms with Crippen molar-refractivity contribution in [1.29, 1.82) is 0 Å². The van der Waals surface area contributed by atoms with Crippen molar-refractivity contribution in [1.82, 2.24) is 5.32 Å². The van der Waals surface area contributed by atoms with Gasteiger partial charge in [-0.3, -0.25) is 4.79 Å². The summed E-state index contributed by atoms with van der Waals surface area (Å²) in [6.07, 6.45) is 80.8. The second kappa shape index (κ2) is 66.8. The lowest BCUT2D eigenvalue weighted by Gasteiger charge is -2.40. The number of rotatable bonds is 70. The van der Waals surface area contributed by atoms with Crippen LogP contribution in [0.2, 0.25) is 0 Å². The van der Waals surface area contributed by atoms with Crippen LogP contribution in [0.15, 0.2) is 12.2 Å². The highest BCUT2D eigenvalue weighted by Crippen LogP contribution is 2.24. The average Bonchev–Trinajstić information content (AvgIpc) is 2.37. The topological polar surface area (TPSA) is 149 Å². The first-order valence-electron chi connectivity index (χ1n) is 38.9. The summed E-state index contributed by atoms with van der Waals surface area (Å²) in [7, 11) is 0. The zero-order valence-electron chi connectivity index (χ0n) is 57.6. The van der Waals surface area contributed by atoms with Crippen LogP contribution in [0.1, 0.15) is 418 Å². The molecule has 0 bridgehead atoms. The SMILES string of the molecule is CCCCCCCCCCCCCCCCCCCCCCCC/C=C/C(O)C(COC1OC(CO)C(O)C(O)C1O)NC(=O)CCCCCCCCCCCCCCCCCCCCCCCCCCCCCCCCCCCCCCCCC. The predicted octanol–water partition coefficient (Wildman–Crippen LogP) is 21.8. The monoisotopic (exact) mass is 1220 g/mol. The molecule has 7 atom stereocenters. The van der Waals surface area contributed by atoms with Crippen LogP contribution in [0.25, 0.3) is 0 Å². The van der Waals surface area contributed by atoms with Crippen molar-refractivity contribution < 1.29 is 39.8 Å². The van der Waals surface area contributed by atoms with Gasteiger partial charge in [-0.1, -0.05) is 405 Å². The Morgan fingerprint density at radius 2 is 0.640 bits per heavy atom. The molecule has 512 valence electrons. The van der Waals surface area contributed by atoms with Crippen LogP contribution >= 0.6 is 0 Å². The first-order valence-corrected chi connectivity index (χ1v) is 38.9. The minimum absolute atomic E-state index is 0.166. The van der Waals surface area contributed by atoms with E-state index in [1.54, 1.807) is 6.08 Å². The Labute approximate surface area is 535 Å². The number of aliphatic hydroxyl groups excluding tert-OH is 5. The molecule has 1 rings (SSSR count). The average molecular weight is 1220 g/mol. The summed E-state index contributed by atoms with van der Waals surface area (Å²) < 4.78 is 11.3. The van der Waals surface area contributed by atoms with Crippen molar-refractivity contribution in [2.45, 2.75) is 461 Å². The van der Waals surface area contributed by atoms with E-state index in [4.69, 9.17) is 9.47 Å². The van der Waals surface area contributed by atoms with Crippen molar-refractivity contribution in [2.24, 2.45) is 0 Å². The molecule has 1 amide bonds. The number of unbranched alkanes of at least 4 members (excludes halogenated alkanes) is 60. The lowest BCUT2D eigenvalue weighted by Crippen LogP contribution is -2.60. The second-order valence-corrected chi connectivity index (χ2v) is 27.5. The molecule has 0 aromatic carbocycles. The number of nitrogens with one attached hydrogen (secondary N) is 1. The smallest absolute Gasteiger partial charge is 0.220 e. The normalized spacial score (nSPS) is 18.0. The van der Waals surface area contributed by atoms with Gasteiger partial charge >= 0.3 is 0 Å². The summed E-state index contributed by atoms with van der Waals surface area (Å²) >= 11 is 0. The van der Waals surface area contributed by atoms with Gasteiger partial charge in [-0.15, -0.1) is 0 Å². The molecular weight excluding hydrogens is 1070 g/mol. The van der Waals surface area contributed by atoms with Gasteiger partial charge in [0.05, 0.1) is 25.4 Å². The van der Waals surface area contributed by atoms with Gasteiger partial charge in [-0.2, -0.15) is 0 Å². The van der Waals surface area contributed by atoms with Crippen molar-refractivity contribution in [3.63, 3.8) is 0 Å². The number of ether oxygens (including phenoxy) is 2. The van der Waals surface area contributed by atoms with Crippen molar-refractivity contribution >= 4 is 5.91 Å². The minimum atomic E-state index is -1.56. The molecule has 0 aromatic rings. The molecule has 1 fully saturated rings. The maximum absolute atomic E-state index is 13.2. The van der Waals surface area contributed by atoms with E-state index in [1.807, 2.05) is 6.08 Å². The van der Waals surface area contributed by atoms with Gasteiger partial charge in [0.15, 0.2) is 6.29 Å². The fourth-order valence-electron chi connectivity index (χ4n) is 13.0. The van der Waals surface area contributed by atoms with Gasteiger partial charge in [0.2, 0.25) is 5.91 Å². The molecule has 1 aliphatic heterocycles. The van der Waals surface area contributed by atoms with Gasteiger partial charge in [-0.25, -0.2) is 0 Å². The number of amides is 1. The summed E-state index contributed by atoms with van der Waals surface area (Å²) in [5.74, 6) is -0.166. The first kappa shape index (κ1) is 82.9. The Balaban J connectivity index is 2.04. The molecule has 1 heterocycles. The van der Waals surface area contributed by atoms with Crippen LogP contribution in [0.3, 0.4) is 0 Å². The Morgan fingerprint density at radius 3 is 0.907 bits per heavy atom. The minimum Gasteiger partial charge on any atom is -0.394 e. The van der Waals surface area contributed by atoms with Crippen LogP contribution in [0.5, 0.6) is 0 Å². The van der Waals surface area contributed by atoms with E-state index in [1.165, 1.54) is 360 Å². The van der Waals surface area contributed by atoms with Gasteiger partial charge in [0.25, 0.3) is 0 Å². The summed E-state index contributed by atoms with van der Waals surface area (Å²) in [5.41, 5.74) is 0. The Kier molecular flexibility index (Phi) is 64.5. The third kappa shape index (κ3) is 54.6. The largest absolute Gasteiger partial charge is 0.394 e. The fourth-order valence-corrected chi connectivity index (χ4v) is 13.0. The first-order chi connectivity index (χ1) is 42.3. The van der Waals surface area contributed by atoms with Gasteiger partial charge in [0, 0.05) is 6.42 Å². The van der Waals surface area contributed by atoms with Crippen LogP contribution in [0, 0.1) is 0 Å². The third-order valence-electron chi connectivity index (χ3n) is 19.1. The number of hydrogen-bond acceptors (Lipinski definition) is 8. The van der Waals surface area contributed by atoms with Gasteiger partial charge in [-0.05, 0) is 19.3 Å². The highest BCUT2D eigenvalue weighted by atomic mass is 16.7. The number of hydrogen-bond donors (Lipinski definition) is 6. The van der Waals surface area contributed by atoms with E-state index in [0.29, 0.717) is 6.42 Å². The maximum Gasteiger partial charge on any atom is 0.220 e. The van der Waals surface area contributed by atoms with Crippen molar-refractivity contribution in [3.05, 3.63) is 12.2 Å². The van der Waals surface area contributed by atoms with Crippen molar-refractivity contribution in [3.8, 4) is 0 Å². The molecular formula is C77H151NO8. The van der Waals surface area contributed by atoms with Crippen molar-refractivity contribution in [2.75, 3.05) is 13.2 Å². The third-order valence-corrected chi connectivity index (χ3v) is 19.1. The molecule has 0 saturated carbocycles. The molecule has 0 aromatic heterocycles. The Morgan fingerprint density at radius 1 is 0.384 bits per heavy atom. The second-order valence-electron chi connectivity index (χ2n) is 27.5. The maximum atomic E-state index is 13.2. The van der Waals surface area contributed by atoms with Gasteiger partial charge in [0.1, 0.15) is 24.4 Å². The molecule has 1 saturated heterocycles. The molecule has 6 N–H and O–H groups in total. The summed E-state index contributed by atoms with van der Waals surface area (Å²) in [5, 5.41) is 54.8. The predicted molar refractivity (Wildman–Crippen MR) is 369 cm³/mol. The molecule has 0 radical (unpaired) electrons. The molecule has 86 heavy (non-hydrogen) atoms. The van der Waals surface area contributed by atoms with E-state index in [2.05, 4.69) is 19.2 Å². The molecule has 0 aliphatic carbocycles. The van der Waals surface area contributed by atoms with Crippen LogP contribution in [0.4, 0.5) is 0 Å². The number of allylic oxidation sites excluding steroid dienone is 1. The number of carbonyl (C=O) groups is 1. The summed E-state index contributed by atoms with van der Waals surface area (Å²) in [6, 6.07) is -0.802. The molecule has 1 aliphatic rings. The zero-order valence-corrected chi connectivity index (χ0v) is 57.6. The quantitative estimate of drug-likeness (QED) is 0.0261. The highest BCUT2D eigenvalue weighted by Gasteiger charge is 2.44. The summed E-state index contributed by atoms with van der Waals surface area (Å²) in [6.45, 7) is 3.85. The highest BCUT2D eigenvalue weighted by molar-refractivity contribution is 5.76. The number of aliphatic hydroxyl groups is 5. The molecule has 9 nitrogen and oxygen atoms in total. The lowest BCUT2D eigenvalue weighted by molar-refractivity contribution is -0.302. The molecule has 9 heteroatoms. The van der Waals surface area contributed by atoms with E-state index in [9.17, 15) is 30.3 Å². The molecule has 0 spiro atoms. The Hall–Kier alpha value is -1.07.